The smallest absolute Gasteiger partial charge is 0.126 e. The molecule has 3 rings (SSSR count). The Kier molecular flexibility index (Phi) is 6.98. The van der Waals surface area contributed by atoms with Gasteiger partial charge in [0.25, 0.3) is 0 Å². The van der Waals surface area contributed by atoms with Gasteiger partial charge in [0.2, 0.25) is 0 Å². The maximum atomic E-state index is 6.41. The molecule has 0 saturated heterocycles. The van der Waals surface area contributed by atoms with Crippen LogP contribution < -0.4 is 14.9 Å². The predicted octanol–water partition coefficient (Wildman–Crippen LogP) is 6.27. The number of aryl methyl sites for hydroxylation is 1. The second-order valence-electron chi connectivity index (χ2n) is 7.95. The molecular formula is C26H32NOP. The van der Waals surface area contributed by atoms with Crippen LogP contribution in [0.25, 0.3) is 0 Å². The van der Waals surface area contributed by atoms with Crippen molar-refractivity contribution < 1.29 is 4.74 Å². The largest absolute Gasteiger partial charge is 0.488 e. The lowest BCUT2D eigenvalue weighted by Gasteiger charge is -2.33. The summed E-state index contributed by atoms with van der Waals surface area (Å²) in [5, 5.41) is 1.42. The summed E-state index contributed by atoms with van der Waals surface area (Å²) in [5.74, 6) is 1.04. The summed E-state index contributed by atoms with van der Waals surface area (Å²) in [6.07, 6.45) is 1.05. The summed E-state index contributed by atoms with van der Waals surface area (Å²) >= 11 is 0. The van der Waals surface area contributed by atoms with Crippen LogP contribution in [0, 0.1) is 6.92 Å². The third-order valence-electron chi connectivity index (χ3n) is 5.54. The molecule has 0 bridgehead atoms. The number of benzene rings is 3. The molecule has 0 aromatic heterocycles. The van der Waals surface area contributed by atoms with Crippen molar-refractivity contribution in [1.29, 1.82) is 0 Å². The van der Waals surface area contributed by atoms with Gasteiger partial charge in [0.15, 0.2) is 0 Å². The number of ether oxygens (including phenoxy) is 1. The van der Waals surface area contributed by atoms with Crippen LogP contribution in [0.1, 0.15) is 37.0 Å². The zero-order chi connectivity index (χ0) is 20.9. The normalized spacial score (nSPS) is 13.4. The fraction of sp³-hybridized carbons (Fsp3) is 0.308. The van der Waals surface area contributed by atoms with Crippen LogP contribution in [0.15, 0.2) is 72.8 Å². The Balaban J connectivity index is 1.95. The first-order valence-corrected chi connectivity index (χ1v) is 11.3. The zero-order valence-electron chi connectivity index (χ0n) is 18.2. The molecule has 3 aromatic rings. The Bertz CT molecular complexity index is 938. The van der Waals surface area contributed by atoms with E-state index in [0.29, 0.717) is 15.2 Å². The second kappa shape index (κ2) is 9.46. The molecule has 2 nitrogen and oxygen atoms in total. The van der Waals surface area contributed by atoms with Gasteiger partial charge in [0.05, 0.1) is 0 Å². The molecular weight excluding hydrogens is 373 g/mol. The molecule has 0 radical (unpaired) electrons. The van der Waals surface area contributed by atoms with E-state index in [9.17, 15) is 0 Å². The maximum Gasteiger partial charge on any atom is 0.126 e. The number of rotatable bonds is 8. The first-order valence-electron chi connectivity index (χ1n) is 10.3. The Morgan fingerprint density at radius 1 is 0.897 bits per heavy atom. The molecule has 0 aliphatic rings. The molecule has 0 N–H and O–H groups in total. The number of hydrogen-bond donors (Lipinski definition) is 0. The molecule has 3 heteroatoms. The van der Waals surface area contributed by atoms with Gasteiger partial charge in [-0.25, -0.2) is 0 Å². The zero-order valence-corrected chi connectivity index (χ0v) is 19.2. The van der Waals surface area contributed by atoms with Crippen molar-refractivity contribution in [1.82, 2.24) is 0 Å². The number of nitrogens with zero attached hydrogens (tertiary/aromatic N) is 1. The van der Waals surface area contributed by atoms with Crippen LogP contribution in [0.3, 0.4) is 0 Å². The van der Waals surface area contributed by atoms with E-state index < -0.39 is 0 Å². The molecule has 0 heterocycles. The highest BCUT2D eigenvalue weighted by Gasteiger charge is 2.30. The molecule has 0 aliphatic carbocycles. The highest BCUT2D eigenvalue weighted by Crippen LogP contribution is 2.49. The van der Waals surface area contributed by atoms with Gasteiger partial charge in [0.1, 0.15) is 12.4 Å². The Hall–Kier alpha value is -2.31. The summed E-state index contributed by atoms with van der Waals surface area (Å²) in [6, 6.07) is 25.7. The monoisotopic (exact) mass is 405 g/mol. The fourth-order valence-corrected chi connectivity index (χ4v) is 5.34. The van der Waals surface area contributed by atoms with E-state index in [-0.39, 0.29) is 5.16 Å². The average Bonchev–Trinajstić information content (AvgIpc) is 2.73. The van der Waals surface area contributed by atoms with Crippen LogP contribution in [-0.4, -0.2) is 14.1 Å². The lowest BCUT2D eigenvalue weighted by molar-refractivity contribution is 0.297. The summed E-state index contributed by atoms with van der Waals surface area (Å²) < 4.78 is 6.41. The summed E-state index contributed by atoms with van der Waals surface area (Å²) in [6.45, 7) is 7.41. The minimum Gasteiger partial charge on any atom is -0.488 e. The predicted molar refractivity (Wildman–Crippen MR) is 128 cm³/mol. The van der Waals surface area contributed by atoms with Gasteiger partial charge in [-0.15, -0.1) is 0 Å². The van der Waals surface area contributed by atoms with Gasteiger partial charge in [-0.3, -0.25) is 0 Å². The van der Waals surface area contributed by atoms with E-state index in [1.165, 1.54) is 27.7 Å². The van der Waals surface area contributed by atoms with Gasteiger partial charge in [-0.05, 0) is 35.8 Å². The van der Waals surface area contributed by atoms with Crippen molar-refractivity contribution in [3.05, 3.63) is 89.5 Å². The quantitative estimate of drug-likeness (QED) is 0.410. The molecule has 0 saturated carbocycles. The van der Waals surface area contributed by atoms with Gasteiger partial charge < -0.3 is 9.64 Å². The minimum atomic E-state index is 0.0180. The lowest BCUT2D eigenvalue weighted by atomic mass is 9.94. The minimum absolute atomic E-state index is 0.0180. The maximum absolute atomic E-state index is 6.41. The van der Waals surface area contributed by atoms with E-state index in [0.717, 1.165) is 12.2 Å². The standard InChI is InChI=1S/C26H32NOP/c1-6-26(3,29-24-18-11-10-17-23(24)27(4)5)22-16-12-13-20(2)25(22)28-19-21-14-8-7-9-15-21/h7-18,29H,6,19H2,1-5H3. The molecule has 0 aliphatic heterocycles. The van der Waals surface area contributed by atoms with Crippen molar-refractivity contribution >= 4 is 19.6 Å². The molecule has 152 valence electrons. The number of anilines is 1. The van der Waals surface area contributed by atoms with Crippen LogP contribution in [-0.2, 0) is 11.8 Å². The summed E-state index contributed by atoms with van der Waals surface area (Å²) in [7, 11) is 4.90. The van der Waals surface area contributed by atoms with E-state index in [2.05, 4.69) is 106 Å². The van der Waals surface area contributed by atoms with E-state index >= 15 is 0 Å². The highest BCUT2D eigenvalue weighted by atomic mass is 31.1. The first-order chi connectivity index (χ1) is 13.9. The van der Waals surface area contributed by atoms with Crippen LogP contribution in [0.2, 0.25) is 0 Å². The summed E-state index contributed by atoms with van der Waals surface area (Å²) in [4.78, 5) is 2.21. The van der Waals surface area contributed by atoms with Gasteiger partial charge in [0, 0.05) is 30.5 Å². The third-order valence-corrected chi connectivity index (χ3v) is 7.40. The van der Waals surface area contributed by atoms with Gasteiger partial charge in [-0.1, -0.05) is 89.2 Å². The average molecular weight is 406 g/mol. The molecule has 3 aromatic carbocycles. The second-order valence-corrected chi connectivity index (χ2v) is 9.84. The molecule has 0 spiro atoms. The van der Waals surface area contributed by atoms with E-state index in [4.69, 9.17) is 4.74 Å². The van der Waals surface area contributed by atoms with E-state index in [1.807, 2.05) is 6.07 Å². The molecule has 0 amide bonds. The highest BCUT2D eigenvalue weighted by molar-refractivity contribution is 7.49. The Morgan fingerprint density at radius 3 is 2.28 bits per heavy atom. The van der Waals surface area contributed by atoms with Crippen molar-refractivity contribution in [2.75, 3.05) is 19.0 Å². The van der Waals surface area contributed by atoms with Crippen molar-refractivity contribution in [3.63, 3.8) is 0 Å². The lowest BCUT2D eigenvalue weighted by Crippen LogP contribution is -2.23. The van der Waals surface area contributed by atoms with Crippen LogP contribution in [0.4, 0.5) is 5.69 Å². The Morgan fingerprint density at radius 2 is 1.59 bits per heavy atom. The van der Waals surface area contributed by atoms with Gasteiger partial charge in [-0.2, -0.15) is 0 Å². The SMILES string of the molecule is CCC(C)(Pc1ccccc1N(C)C)c1cccc(C)c1OCc1ccccc1. The number of hydrogen-bond acceptors (Lipinski definition) is 2. The van der Waals surface area contributed by atoms with E-state index in [1.54, 1.807) is 0 Å². The van der Waals surface area contributed by atoms with Gasteiger partial charge >= 0.3 is 0 Å². The van der Waals surface area contributed by atoms with Crippen LogP contribution >= 0.6 is 8.58 Å². The van der Waals surface area contributed by atoms with Crippen LogP contribution in [0.5, 0.6) is 5.75 Å². The molecule has 29 heavy (non-hydrogen) atoms. The third kappa shape index (κ3) is 5.00. The molecule has 2 atom stereocenters. The van der Waals surface area contributed by atoms with Crippen molar-refractivity contribution in [3.8, 4) is 5.75 Å². The molecule has 2 unspecified atom stereocenters. The fourth-order valence-electron chi connectivity index (χ4n) is 3.62. The molecule has 0 fully saturated rings. The van der Waals surface area contributed by atoms with Crippen molar-refractivity contribution in [2.45, 2.75) is 39.0 Å². The number of para-hydroxylation sites is 2. The topological polar surface area (TPSA) is 12.5 Å². The Labute approximate surface area is 177 Å². The summed E-state index contributed by atoms with van der Waals surface area (Å²) in [5.41, 5.74) is 5.00. The van der Waals surface area contributed by atoms with Crippen molar-refractivity contribution in [2.24, 2.45) is 0 Å². The first kappa shape index (κ1) is 21.4.